The van der Waals surface area contributed by atoms with Crippen molar-refractivity contribution in [3.8, 4) is 0 Å². The summed E-state index contributed by atoms with van der Waals surface area (Å²) in [5.41, 5.74) is 4.83. The summed E-state index contributed by atoms with van der Waals surface area (Å²) in [5, 5.41) is 9.15. The van der Waals surface area contributed by atoms with Crippen LogP contribution < -0.4 is 0 Å². The maximum absolute atomic E-state index is 9.15. The van der Waals surface area contributed by atoms with Crippen LogP contribution in [0.25, 0.3) is 11.0 Å². The summed E-state index contributed by atoms with van der Waals surface area (Å²) in [6.07, 6.45) is 2.95. The van der Waals surface area contributed by atoms with E-state index in [1.807, 2.05) is 0 Å². The second kappa shape index (κ2) is 5.53. The quantitative estimate of drug-likeness (QED) is 0.880. The van der Waals surface area contributed by atoms with Crippen molar-refractivity contribution in [2.75, 3.05) is 6.61 Å². The number of aromatic nitrogens is 2. The van der Waals surface area contributed by atoms with Crippen LogP contribution in [0.15, 0.2) is 12.1 Å². The number of aliphatic hydroxyl groups is 1. The van der Waals surface area contributed by atoms with Crippen molar-refractivity contribution in [1.82, 2.24) is 9.55 Å². The van der Waals surface area contributed by atoms with Crippen LogP contribution in [0.2, 0.25) is 0 Å². The Hall–Kier alpha value is -1.35. The lowest BCUT2D eigenvalue weighted by Crippen LogP contribution is -2.06. The van der Waals surface area contributed by atoms with E-state index >= 15 is 0 Å². The third-order valence-corrected chi connectivity index (χ3v) is 3.51. The minimum atomic E-state index is 0.160. The van der Waals surface area contributed by atoms with Crippen LogP contribution in [-0.2, 0) is 13.0 Å². The molecule has 1 aromatic heterocycles. The molecule has 1 aromatic carbocycles. The molecule has 2 aromatic rings. The van der Waals surface area contributed by atoms with Crippen molar-refractivity contribution in [2.45, 2.75) is 46.6 Å². The highest BCUT2D eigenvalue weighted by Gasteiger charge is 2.11. The van der Waals surface area contributed by atoms with Gasteiger partial charge >= 0.3 is 0 Å². The molecule has 0 atom stereocenters. The summed E-state index contributed by atoms with van der Waals surface area (Å²) < 4.78 is 2.27. The summed E-state index contributed by atoms with van der Waals surface area (Å²) in [5.74, 6) is 1.01. The number of hydrogen-bond donors (Lipinski definition) is 1. The highest BCUT2D eigenvalue weighted by Crippen LogP contribution is 2.21. The van der Waals surface area contributed by atoms with E-state index in [1.165, 1.54) is 23.1 Å². The van der Waals surface area contributed by atoms with Gasteiger partial charge in [0.05, 0.1) is 17.6 Å². The van der Waals surface area contributed by atoms with Gasteiger partial charge in [-0.05, 0) is 43.5 Å². The number of nitrogens with zero attached hydrogens (tertiary/aromatic N) is 2. The highest BCUT2D eigenvalue weighted by molar-refractivity contribution is 5.78. The molecule has 0 aliphatic carbocycles. The predicted molar refractivity (Wildman–Crippen MR) is 74.9 cm³/mol. The van der Waals surface area contributed by atoms with Crippen LogP contribution in [-0.4, -0.2) is 21.3 Å². The van der Waals surface area contributed by atoms with Gasteiger partial charge in [0.2, 0.25) is 0 Å². The van der Waals surface area contributed by atoms with Crippen LogP contribution in [0.3, 0.4) is 0 Å². The number of unbranched alkanes of at least 4 members (excludes halogenated alkanes) is 1. The van der Waals surface area contributed by atoms with Crippen molar-refractivity contribution in [3.05, 3.63) is 29.1 Å². The summed E-state index contributed by atoms with van der Waals surface area (Å²) in [4.78, 5) is 4.66. The molecule has 1 heterocycles. The number of imidazole rings is 1. The highest BCUT2D eigenvalue weighted by atomic mass is 16.3. The van der Waals surface area contributed by atoms with Crippen molar-refractivity contribution in [2.24, 2.45) is 0 Å². The van der Waals surface area contributed by atoms with Crippen LogP contribution in [0.1, 0.15) is 36.7 Å². The van der Waals surface area contributed by atoms with Gasteiger partial charge in [-0.1, -0.05) is 13.3 Å². The monoisotopic (exact) mass is 246 g/mol. The van der Waals surface area contributed by atoms with Crippen molar-refractivity contribution in [3.63, 3.8) is 0 Å². The maximum atomic E-state index is 9.15. The minimum absolute atomic E-state index is 0.160. The van der Waals surface area contributed by atoms with Gasteiger partial charge in [-0.2, -0.15) is 0 Å². The molecule has 0 aliphatic heterocycles. The fourth-order valence-electron chi connectivity index (χ4n) is 2.29. The second-order valence-electron chi connectivity index (χ2n) is 4.93. The Balaban J connectivity index is 2.53. The fourth-order valence-corrected chi connectivity index (χ4v) is 2.29. The maximum Gasteiger partial charge on any atom is 0.112 e. The molecule has 0 fully saturated rings. The standard InChI is InChI=1S/C15H22N2O/c1-4-5-7-17-14-10-12(3)11(2)9-13(14)16-15(17)6-8-18/h9-10,18H,4-8H2,1-3H3. The normalized spacial score (nSPS) is 11.3. The molecule has 18 heavy (non-hydrogen) atoms. The van der Waals surface area contributed by atoms with Gasteiger partial charge < -0.3 is 9.67 Å². The molecular weight excluding hydrogens is 224 g/mol. The Labute approximate surface area is 108 Å². The third-order valence-electron chi connectivity index (χ3n) is 3.51. The molecule has 0 amide bonds. The second-order valence-corrected chi connectivity index (χ2v) is 4.93. The molecule has 3 nitrogen and oxygen atoms in total. The first-order valence-corrected chi connectivity index (χ1v) is 6.74. The van der Waals surface area contributed by atoms with Crippen molar-refractivity contribution >= 4 is 11.0 Å². The summed E-state index contributed by atoms with van der Waals surface area (Å²) in [6.45, 7) is 7.60. The van der Waals surface area contributed by atoms with E-state index in [-0.39, 0.29) is 6.61 Å². The number of rotatable bonds is 5. The zero-order valence-electron chi connectivity index (χ0n) is 11.5. The first kappa shape index (κ1) is 13.1. The molecule has 0 aliphatic rings. The van der Waals surface area contributed by atoms with Crippen LogP contribution in [0, 0.1) is 13.8 Å². The molecule has 0 bridgehead atoms. The molecule has 3 heteroatoms. The average molecular weight is 246 g/mol. The number of fused-ring (bicyclic) bond motifs is 1. The SMILES string of the molecule is CCCCn1c(CCO)nc2cc(C)c(C)cc21. The lowest BCUT2D eigenvalue weighted by Gasteiger charge is -2.08. The molecule has 0 spiro atoms. The minimum Gasteiger partial charge on any atom is -0.396 e. The van der Waals surface area contributed by atoms with Gasteiger partial charge in [-0.15, -0.1) is 0 Å². The Morgan fingerprint density at radius 2 is 1.94 bits per heavy atom. The van der Waals surface area contributed by atoms with Gasteiger partial charge in [-0.3, -0.25) is 0 Å². The lowest BCUT2D eigenvalue weighted by molar-refractivity contribution is 0.294. The number of aliphatic hydroxyl groups excluding tert-OH is 1. The Kier molecular flexibility index (Phi) is 4.02. The van der Waals surface area contributed by atoms with Gasteiger partial charge in [0.25, 0.3) is 0 Å². The molecule has 0 radical (unpaired) electrons. The molecule has 0 unspecified atom stereocenters. The van der Waals surface area contributed by atoms with Crippen LogP contribution in [0.4, 0.5) is 0 Å². The molecule has 2 rings (SSSR count). The first-order chi connectivity index (χ1) is 8.67. The first-order valence-electron chi connectivity index (χ1n) is 6.74. The summed E-state index contributed by atoms with van der Waals surface area (Å²) in [6, 6.07) is 4.36. The van der Waals surface area contributed by atoms with Crippen molar-refractivity contribution < 1.29 is 5.11 Å². The van der Waals surface area contributed by atoms with E-state index < -0.39 is 0 Å². The zero-order valence-corrected chi connectivity index (χ0v) is 11.5. The van der Waals surface area contributed by atoms with E-state index in [0.717, 1.165) is 24.3 Å². The summed E-state index contributed by atoms with van der Waals surface area (Å²) >= 11 is 0. The van der Waals surface area contributed by atoms with E-state index in [9.17, 15) is 0 Å². The van der Waals surface area contributed by atoms with E-state index in [1.54, 1.807) is 0 Å². The van der Waals surface area contributed by atoms with Crippen LogP contribution >= 0.6 is 0 Å². The van der Waals surface area contributed by atoms with Gasteiger partial charge in [0.1, 0.15) is 5.82 Å². The number of aryl methyl sites for hydroxylation is 3. The Bertz CT molecular complexity index is 543. The zero-order chi connectivity index (χ0) is 13.1. The average Bonchev–Trinajstić information content (AvgIpc) is 2.65. The molecule has 0 saturated carbocycles. The Morgan fingerprint density at radius 3 is 2.61 bits per heavy atom. The number of hydrogen-bond acceptors (Lipinski definition) is 2. The lowest BCUT2D eigenvalue weighted by atomic mass is 10.1. The van der Waals surface area contributed by atoms with Gasteiger partial charge in [0.15, 0.2) is 0 Å². The van der Waals surface area contributed by atoms with E-state index in [0.29, 0.717) is 6.42 Å². The van der Waals surface area contributed by atoms with Crippen LogP contribution in [0.5, 0.6) is 0 Å². The largest absolute Gasteiger partial charge is 0.396 e. The topological polar surface area (TPSA) is 38.0 Å². The van der Waals surface area contributed by atoms with Crippen molar-refractivity contribution in [1.29, 1.82) is 0 Å². The predicted octanol–water partition coefficient (Wildman–Crippen LogP) is 2.99. The molecule has 1 N–H and O–H groups in total. The number of benzene rings is 1. The molecule has 98 valence electrons. The molecular formula is C15H22N2O. The third kappa shape index (κ3) is 2.41. The summed E-state index contributed by atoms with van der Waals surface area (Å²) in [7, 11) is 0. The molecule has 0 saturated heterocycles. The Morgan fingerprint density at radius 1 is 1.22 bits per heavy atom. The smallest absolute Gasteiger partial charge is 0.112 e. The van der Waals surface area contributed by atoms with Gasteiger partial charge in [0, 0.05) is 13.0 Å². The van der Waals surface area contributed by atoms with Gasteiger partial charge in [-0.25, -0.2) is 4.98 Å². The van der Waals surface area contributed by atoms with E-state index in [4.69, 9.17) is 5.11 Å². The fraction of sp³-hybridized carbons (Fsp3) is 0.533. The van der Waals surface area contributed by atoms with E-state index in [2.05, 4.69) is 42.5 Å².